The number of rotatable bonds is 54. The lowest BCUT2D eigenvalue weighted by Gasteiger charge is -2.25. The molecule has 0 fully saturated rings. The normalized spacial score (nSPS) is 14.2. The zero-order valence-corrected chi connectivity index (χ0v) is 47.2. The van der Waals surface area contributed by atoms with Gasteiger partial charge >= 0.3 is 7.82 Å². The summed E-state index contributed by atoms with van der Waals surface area (Å²) in [6.45, 7) is 4.80. The highest BCUT2D eigenvalue weighted by Crippen LogP contribution is 2.43. The number of phosphoric acid groups is 1. The summed E-state index contributed by atoms with van der Waals surface area (Å²) in [6.07, 6.45) is 68.0. The number of hydrogen-bond acceptors (Lipinski definition) is 5. The first-order valence-corrected chi connectivity index (χ1v) is 31.0. The van der Waals surface area contributed by atoms with Gasteiger partial charge in [0.1, 0.15) is 13.2 Å². The number of aliphatic hydroxyl groups is 1. The number of nitrogens with zero attached hydrogens (tertiary/aromatic N) is 1. The van der Waals surface area contributed by atoms with Crippen LogP contribution in [0, 0.1) is 0 Å². The maximum Gasteiger partial charge on any atom is 0.472 e. The minimum Gasteiger partial charge on any atom is -0.387 e. The SMILES string of the molecule is CCCCCCCC/C=C/CC/C=C/CC/C=C/C(O)C(COP(=O)(O)OCC[N+](C)(C)C)NC(=O)CCCCCCCCCCCCCCCCCCCCC/C=C\CCCCCCCCCC. The Labute approximate surface area is 429 Å². The van der Waals surface area contributed by atoms with Crippen LogP contribution in [0.5, 0.6) is 0 Å². The van der Waals surface area contributed by atoms with Gasteiger partial charge in [0.05, 0.1) is 39.9 Å². The standard InChI is InChI=1S/C60H115N2O6P/c1-6-8-10-12-14-16-18-20-22-24-25-26-27-28-29-30-31-32-33-34-35-36-37-38-40-42-44-46-48-50-52-54-60(64)61-58(57-68-69(65,66)67-56-55-62(3,4)5)59(63)53-51-49-47-45-43-41-39-23-21-19-17-15-13-11-9-7-2/h21,23-25,43,45,51,53,58-59,63H,6-20,22,26-42,44,46-50,52,54-57H2,1-5H3,(H-,61,64,65,66)/p+1/b23-21+,25-24-,45-43+,53-51+. The van der Waals surface area contributed by atoms with E-state index in [4.69, 9.17) is 9.05 Å². The molecule has 0 saturated carbocycles. The number of carbonyl (C=O) groups excluding carboxylic acids is 1. The molecule has 0 spiro atoms. The topological polar surface area (TPSA) is 105 Å². The van der Waals surface area contributed by atoms with E-state index in [1.165, 1.54) is 212 Å². The number of likely N-dealkylation sites (N-methyl/N-ethyl adjacent to an activating group) is 1. The summed E-state index contributed by atoms with van der Waals surface area (Å²) < 4.78 is 23.7. The molecule has 0 radical (unpaired) electrons. The fourth-order valence-corrected chi connectivity index (χ4v) is 9.34. The molecule has 0 aromatic carbocycles. The monoisotopic (exact) mass is 992 g/mol. The first-order valence-electron chi connectivity index (χ1n) is 29.5. The number of amides is 1. The Morgan fingerprint density at radius 2 is 0.797 bits per heavy atom. The molecule has 69 heavy (non-hydrogen) atoms. The molecule has 3 unspecified atom stereocenters. The van der Waals surface area contributed by atoms with E-state index in [1.54, 1.807) is 6.08 Å². The highest BCUT2D eigenvalue weighted by Gasteiger charge is 2.27. The minimum absolute atomic E-state index is 0.0539. The molecule has 0 aromatic rings. The molecule has 9 heteroatoms. The second-order valence-electron chi connectivity index (χ2n) is 21.3. The van der Waals surface area contributed by atoms with Gasteiger partial charge in [-0.15, -0.1) is 0 Å². The molecular weight excluding hydrogens is 876 g/mol. The van der Waals surface area contributed by atoms with Crippen molar-refractivity contribution in [2.24, 2.45) is 0 Å². The number of unbranched alkanes of at least 4 members (excludes halogenated alkanes) is 35. The molecule has 3 N–H and O–H groups in total. The van der Waals surface area contributed by atoms with Crippen molar-refractivity contribution in [3.8, 4) is 0 Å². The Morgan fingerprint density at radius 1 is 0.478 bits per heavy atom. The van der Waals surface area contributed by atoms with E-state index in [2.05, 4.69) is 55.6 Å². The van der Waals surface area contributed by atoms with Gasteiger partial charge in [0, 0.05) is 6.42 Å². The molecule has 3 atom stereocenters. The zero-order valence-electron chi connectivity index (χ0n) is 46.3. The highest BCUT2D eigenvalue weighted by atomic mass is 31.2. The van der Waals surface area contributed by atoms with E-state index in [1.807, 2.05) is 27.2 Å². The third-order valence-electron chi connectivity index (χ3n) is 13.2. The summed E-state index contributed by atoms with van der Waals surface area (Å²) in [4.78, 5) is 23.3. The van der Waals surface area contributed by atoms with Gasteiger partial charge in [0.25, 0.3) is 0 Å². The first kappa shape index (κ1) is 67.5. The number of nitrogens with one attached hydrogen (secondary N) is 1. The van der Waals surface area contributed by atoms with Crippen LogP contribution in [0.1, 0.15) is 277 Å². The largest absolute Gasteiger partial charge is 0.472 e. The molecule has 0 rings (SSSR count). The quantitative estimate of drug-likeness (QED) is 0.0243. The van der Waals surface area contributed by atoms with Gasteiger partial charge in [-0.25, -0.2) is 4.57 Å². The molecule has 0 bridgehead atoms. The summed E-state index contributed by atoms with van der Waals surface area (Å²) in [5.41, 5.74) is 0. The molecule has 8 nitrogen and oxygen atoms in total. The van der Waals surface area contributed by atoms with Crippen LogP contribution < -0.4 is 5.32 Å². The van der Waals surface area contributed by atoms with Crippen molar-refractivity contribution in [3.05, 3.63) is 48.6 Å². The lowest BCUT2D eigenvalue weighted by atomic mass is 10.0. The van der Waals surface area contributed by atoms with E-state index in [9.17, 15) is 19.4 Å². The van der Waals surface area contributed by atoms with Crippen LogP contribution in [0.15, 0.2) is 48.6 Å². The van der Waals surface area contributed by atoms with Gasteiger partial charge in [-0.2, -0.15) is 0 Å². The molecule has 0 saturated heterocycles. The molecule has 0 aliphatic rings. The number of phosphoric ester groups is 1. The number of quaternary nitrogens is 1. The average molecular weight is 993 g/mol. The van der Waals surface area contributed by atoms with Crippen LogP contribution in [-0.2, 0) is 18.4 Å². The first-order chi connectivity index (χ1) is 33.5. The summed E-state index contributed by atoms with van der Waals surface area (Å²) in [6, 6.07) is -0.869. The number of hydrogen-bond donors (Lipinski definition) is 3. The number of allylic oxidation sites excluding steroid dienone is 7. The Morgan fingerprint density at radius 3 is 1.16 bits per heavy atom. The van der Waals surface area contributed by atoms with E-state index in [0.717, 1.165) is 44.9 Å². The Hall–Kier alpha value is -1.54. The Balaban J connectivity index is 4.10. The van der Waals surface area contributed by atoms with Crippen LogP contribution >= 0.6 is 7.82 Å². The van der Waals surface area contributed by atoms with E-state index < -0.39 is 20.0 Å². The molecule has 406 valence electrons. The minimum atomic E-state index is -4.36. The summed E-state index contributed by atoms with van der Waals surface area (Å²) in [5, 5.41) is 13.9. The molecule has 0 heterocycles. The molecule has 1 amide bonds. The van der Waals surface area contributed by atoms with E-state index >= 15 is 0 Å². The predicted octanol–water partition coefficient (Wildman–Crippen LogP) is 17.9. The van der Waals surface area contributed by atoms with Crippen molar-refractivity contribution in [1.29, 1.82) is 0 Å². The van der Waals surface area contributed by atoms with E-state index in [0.29, 0.717) is 17.4 Å². The van der Waals surface area contributed by atoms with Gasteiger partial charge in [0.15, 0.2) is 0 Å². The predicted molar refractivity (Wildman–Crippen MR) is 300 cm³/mol. The second-order valence-corrected chi connectivity index (χ2v) is 22.8. The third kappa shape index (κ3) is 54.1. The van der Waals surface area contributed by atoms with Gasteiger partial charge in [0.2, 0.25) is 5.91 Å². The maximum atomic E-state index is 13.0. The lowest BCUT2D eigenvalue weighted by molar-refractivity contribution is -0.870. The van der Waals surface area contributed by atoms with E-state index in [-0.39, 0.29) is 19.1 Å². The average Bonchev–Trinajstić information content (AvgIpc) is 3.31. The van der Waals surface area contributed by atoms with Gasteiger partial charge < -0.3 is 19.8 Å². The highest BCUT2D eigenvalue weighted by molar-refractivity contribution is 7.47. The second kappa shape index (κ2) is 51.4. The summed E-state index contributed by atoms with van der Waals surface area (Å²) in [7, 11) is 1.55. The van der Waals surface area contributed by atoms with Crippen LogP contribution in [0.3, 0.4) is 0 Å². The van der Waals surface area contributed by atoms with Crippen LogP contribution in [0.4, 0.5) is 0 Å². The summed E-state index contributed by atoms with van der Waals surface area (Å²) in [5.74, 6) is -0.188. The molecular formula is C60H116N2O6P+. The fourth-order valence-electron chi connectivity index (χ4n) is 8.60. The molecule has 0 aliphatic carbocycles. The Kier molecular flexibility index (Phi) is 50.2. The van der Waals surface area contributed by atoms with Crippen molar-refractivity contribution in [3.63, 3.8) is 0 Å². The van der Waals surface area contributed by atoms with Crippen molar-refractivity contribution < 1.29 is 32.9 Å². The van der Waals surface area contributed by atoms with Crippen LogP contribution in [0.25, 0.3) is 0 Å². The third-order valence-corrected chi connectivity index (χ3v) is 14.2. The molecule has 0 aromatic heterocycles. The van der Waals surface area contributed by atoms with Gasteiger partial charge in [-0.05, 0) is 70.6 Å². The van der Waals surface area contributed by atoms with Crippen molar-refractivity contribution >= 4 is 13.7 Å². The lowest BCUT2D eigenvalue weighted by Crippen LogP contribution is -2.45. The number of carbonyl (C=O) groups is 1. The zero-order chi connectivity index (χ0) is 50.6. The van der Waals surface area contributed by atoms with Crippen LogP contribution in [-0.4, -0.2) is 73.4 Å². The van der Waals surface area contributed by atoms with Gasteiger partial charge in [-0.3, -0.25) is 13.8 Å². The van der Waals surface area contributed by atoms with Crippen molar-refractivity contribution in [1.82, 2.24) is 5.32 Å². The summed E-state index contributed by atoms with van der Waals surface area (Å²) >= 11 is 0. The van der Waals surface area contributed by atoms with Crippen LogP contribution in [0.2, 0.25) is 0 Å². The maximum absolute atomic E-state index is 13.0. The van der Waals surface area contributed by atoms with Crippen molar-refractivity contribution in [2.45, 2.75) is 289 Å². The van der Waals surface area contributed by atoms with Crippen molar-refractivity contribution in [2.75, 3.05) is 40.9 Å². The fraction of sp³-hybridized carbons (Fsp3) is 0.850. The number of aliphatic hydroxyl groups excluding tert-OH is 1. The van der Waals surface area contributed by atoms with Gasteiger partial charge in [-0.1, -0.05) is 249 Å². The smallest absolute Gasteiger partial charge is 0.387 e. The molecule has 0 aliphatic heterocycles. The Bertz CT molecular complexity index is 1260.